The molecule has 0 unspecified atom stereocenters. The lowest BCUT2D eigenvalue weighted by Gasteiger charge is -2.50. The molecule has 5 heteroatoms. The van der Waals surface area contributed by atoms with Gasteiger partial charge in [0.15, 0.2) is 0 Å². The molecule has 8 aromatic rings. The Morgan fingerprint density at radius 2 is 0.736 bits per heavy atom. The number of hydrogen-bond donors (Lipinski definition) is 0. The Hall–Kier alpha value is -6.71. The lowest BCUT2D eigenvalue weighted by molar-refractivity contribution is 1.26. The van der Waals surface area contributed by atoms with Crippen LogP contribution in [0.2, 0.25) is 0 Å². The minimum atomic E-state index is -0.0187. The van der Waals surface area contributed by atoms with Crippen LogP contribution in [0.25, 0.3) is 33.4 Å². The van der Waals surface area contributed by atoms with Gasteiger partial charge in [0.2, 0.25) is 0 Å². The molecule has 0 spiro atoms. The van der Waals surface area contributed by atoms with E-state index in [2.05, 4.69) is 203 Å². The van der Waals surface area contributed by atoms with Gasteiger partial charge < -0.3 is 14.5 Å². The summed E-state index contributed by atoms with van der Waals surface area (Å²) in [4.78, 5) is 7.72. The average Bonchev–Trinajstić information content (AvgIpc) is 3.23. The van der Waals surface area contributed by atoms with Crippen LogP contribution in [-0.4, -0.2) is 13.7 Å². The third-order valence-electron chi connectivity index (χ3n) is 11.8. The highest BCUT2D eigenvalue weighted by molar-refractivity contribution is 6.96. The summed E-state index contributed by atoms with van der Waals surface area (Å²) in [6.07, 6.45) is 0. The molecule has 4 aliphatic rings. The normalized spacial score (nSPS) is 13.5. The number of rotatable bonds is 3. The van der Waals surface area contributed by atoms with Crippen LogP contribution in [0.5, 0.6) is 0 Å². The van der Waals surface area contributed by atoms with Crippen LogP contribution in [0, 0.1) is 0 Å². The van der Waals surface area contributed by atoms with Gasteiger partial charge in [0.1, 0.15) is 0 Å². The quantitative estimate of drug-likeness (QED) is 0.174. The maximum atomic E-state index is 2.65. The predicted octanol–water partition coefficient (Wildman–Crippen LogP) is 9.30. The minimum Gasteiger partial charge on any atom is -0.376 e. The summed E-state index contributed by atoms with van der Waals surface area (Å²) in [6.45, 7) is -0.00719. The van der Waals surface area contributed by atoms with E-state index in [9.17, 15) is 0 Å². The van der Waals surface area contributed by atoms with Crippen LogP contribution in [0.4, 0.5) is 39.8 Å². The second-order valence-electron chi connectivity index (χ2n) is 14.4. The molecule has 0 amide bonds. The smallest absolute Gasteiger partial charge is 0.329 e. The fourth-order valence-corrected chi connectivity index (χ4v) is 9.79. The Morgan fingerprint density at radius 1 is 0.302 bits per heavy atom. The van der Waals surface area contributed by atoms with E-state index in [4.69, 9.17) is 0 Å². The first-order valence-electron chi connectivity index (χ1n) is 18.5. The lowest BCUT2D eigenvalue weighted by atomic mass is 9.38. The molecule has 12 rings (SSSR count). The van der Waals surface area contributed by atoms with Gasteiger partial charge in [-0.2, -0.15) is 0 Å². The monoisotopic (exact) mass is 671 g/mol. The van der Waals surface area contributed by atoms with E-state index in [1.807, 2.05) is 0 Å². The van der Waals surface area contributed by atoms with Crippen molar-refractivity contribution < 1.29 is 0 Å². The molecule has 8 aromatic carbocycles. The highest BCUT2D eigenvalue weighted by Gasteiger charge is 2.50. The van der Waals surface area contributed by atoms with Crippen molar-refractivity contribution in [3.63, 3.8) is 0 Å². The van der Waals surface area contributed by atoms with Crippen molar-refractivity contribution >= 4 is 75.4 Å². The van der Waals surface area contributed by atoms with Crippen molar-refractivity contribution in [2.24, 2.45) is 0 Å². The summed E-state index contributed by atoms with van der Waals surface area (Å²) in [7, 11) is 0. The highest BCUT2D eigenvalue weighted by atomic mass is 15.2. The molecule has 3 nitrogen and oxygen atoms in total. The average molecular weight is 671 g/mol. The number of hydrogen-bond acceptors (Lipinski definition) is 3. The van der Waals surface area contributed by atoms with Crippen molar-refractivity contribution in [3.05, 3.63) is 188 Å². The van der Waals surface area contributed by atoms with E-state index >= 15 is 0 Å². The van der Waals surface area contributed by atoms with Gasteiger partial charge >= 0.3 is 13.7 Å². The molecule has 0 bridgehead atoms. The van der Waals surface area contributed by atoms with Crippen LogP contribution in [0.1, 0.15) is 0 Å². The largest absolute Gasteiger partial charge is 0.376 e. The second-order valence-corrected chi connectivity index (χ2v) is 14.4. The first kappa shape index (κ1) is 28.9. The summed E-state index contributed by atoms with van der Waals surface area (Å²) in [5.74, 6) is 0. The third kappa shape index (κ3) is 3.91. The van der Waals surface area contributed by atoms with Crippen LogP contribution in [0.3, 0.4) is 0 Å². The molecule has 0 fully saturated rings. The van der Waals surface area contributed by atoms with Gasteiger partial charge in [-0.05, 0) is 87.6 Å². The molecule has 0 aromatic heterocycles. The Labute approximate surface area is 310 Å². The van der Waals surface area contributed by atoms with E-state index in [0.29, 0.717) is 0 Å². The molecule has 0 radical (unpaired) electrons. The molecular weight excluding hydrogens is 640 g/mol. The van der Waals surface area contributed by atoms with Crippen LogP contribution < -0.4 is 36.4 Å². The fourth-order valence-electron chi connectivity index (χ4n) is 9.79. The van der Waals surface area contributed by atoms with Crippen LogP contribution in [0.15, 0.2) is 188 Å². The third-order valence-corrected chi connectivity index (χ3v) is 11.8. The Bertz CT molecular complexity index is 2600. The van der Waals surface area contributed by atoms with E-state index in [0.717, 1.165) is 17.1 Å². The molecule has 0 atom stereocenters. The number of para-hydroxylation sites is 4. The zero-order chi connectivity index (χ0) is 34.6. The summed E-state index contributed by atoms with van der Waals surface area (Å²) in [6, 6.07) is 69.7. The first-order chi connectivity index (χ1) is 26.3. The standard InChI is InChI=1S/C48H31B2N3/c1-3-16-32(17-4-1)51(33-18-5-2-6-19-33)34-30-42-48-46(31-34)53-44-28-14-10-23-38(44)35-20-7-11-24-39(35)49(53)41-26-15-29-45(47(41)48)52-43-27-13-9-22-37(43)36-21-8-12-25-40(36)50(42)52/h1-31H. The Kier molecular flexibility index (Phi) is 5.95. The molecule has 0 saturated carbocycles. The van der Waals surface area contributed by atoms with E-state index in [-0.39, 0.29) is 13.7 Å². The molecule has 0 saturated heterocycles. The predicted molar refractivity (Wildman–Crippen MR) is 225 cm³/mol. The maximum Gasteiger partial charge on any atom is 0.329 e. The summed E-state index contributed by atoms with van der Waals surface area (Å²) < 4.78 is 0. The van der Waals surface area contributed by atoms with Crippen LogP contribution >= 0.6 is 0 Å². The molecule has 0 aliphatic carbocycles. The zero-order valence-electron chi connectivity index (χ0n) is 28.9. The minimum absolute atomic E-state index is 0.0115. The van der Waals surface area contributed by atoms with Gasteiger partial charge in [-0.25, -0.2) is 0 Å². The van der Waals surface area contributed by atoms with Crippen molar-refractivity contribution in [2.75, 3.05) is 14.5 Å². The van der Waals surface area contributed by atoms with Crippen LogP contribution in [-0.2, 0) is 0 Å². The van der Waals surface area contributed by atoms with Crippen molar-refractivity contribution in [3.8, 4) is 33.4 Å². The SMILES string of the molecule is c1ccc(N(c2ccccc2)c2cc3c4c(c2)N2B(c5ccccc5-c5ccccc52)c2cccc(c2-4)N2B3c3ccccc3-c3ccccc32)cc1. The molecule has 4 heterocycles. The number of anilines is 7. The number of nitrogens with zero attached hydrogens (tertiary/aromatic N) is 3. The van der Waals surface area contributed by atoms with Gasteiger partial charge in [0.05, 0.1) is 0 Å². The summed E-state index contributed by atoms with van der Waals surface area (Å²) >= 11 is 0. The van der Waals surface area contributed by atoms with E-state index < -0.39 is 0 Å². The highest BCUT2D eigenvalue weighted by Crippen LogP contribution is 2.53. The van der Waals surface area contributed by atoms with Gasteiger partial charge in [-0.3, -0.25) is 0 Å². The van der Waals surface area contributed by atoms with Crippen molar-refractivity contribution in [1.29, 1.82) is 0 Å². The summed E-state index contributed by atoms with van der Waals surface area (Å²) in [5.41, 5.74) is 21.6. The van der Waals surface area contributed by atoms with Gasteiger partial charge in [0.25, 0.3) is 0 Å². The van der Waals surface area contributed by atoms with Gasteiger partial charge in [-0.15, -0.1) is 0 Å². The van der Waals surface area contributed by atoms with Crippen molar-refractivity contribution in [1.82, 2.24) is 0 Å². The molecule has 53 heavy (non-hydrogen) atoms. The fraction of sp³-hybridized carbons (Fsp3) is 0. The van der Waals surface area contributed by atoms with Gasteiger partial charge in [0, 0.05) is 62.1 Å². The van der Waals surface area contributed by atoms with Gasteiger partial charge in [-0.1, -0.05) is 133 Å². The maximum absolute atomic E-state index is 2.65. The molecule has 244 valence electrons. The van der Waals surface area contributed by atoms with E-state index in [1.165, 1.54) is 78.0 Å². The zero-order valence-corrected chi connectivity index (χ0v) is 28.9. The van der Waals surface area contributed by atoms with Crippen molar-refractivity contribution in [2.45, 2.75) is 0 Å². The first-order valence-corrected chi connectivity index (χ1v) is 18.5. The summed E-state index contributed by atoms with van der Waals surface area (Å²) in [5, 5.41) is 0. The topological polar surface area (TPSA) is 9.72 Å². The number of fused-ring (bicyclic) bond motifs is 16. The second kappa shape index (κ2) is 10.9. The van der Waals surface area contributed by atoms with E-state index in [1.54, 1.807) is 0 Å². The Balaban J connectivity index is 1.24. The molecule has 0 N–H and O–H groups in total. The molecular formula is C48H31B2N3. The number of benzene rings is 8. The lowest BCUT2D eigenvalue weighted by Crippen LogP contribution is -2.65. The Morgan fingerprint density at radius 3 is 1.34 bits per heavy atom. The molecule has 4 aliphatic heterocycles.